The summed E-state index contributed by atoms with van der Waals surface area (Å²) in [5.74, 6) is 0.0564. The van der Waals surface area contributed by atoms with E-state index in [2.05, 4.69) is 15.2 Å². The Balaban J connectivity index is 2.39. The maximum Gasteiger partial charge on any atom is 0.271 e. The van der Waals surface area contributed by atoms with Crippen LogP contribution in [0.1, 0.15) is 31.9 Å². The molecule has 10 heteroatoms. The normalized spacial score (nSPS) is 13.4. The van der Waals surface area contributed by atoms with E-state index >= 15 is 0 Å². The van der Waals surface area contributed by atoms with Gasteiger partial charge in [-0.15, -0.1) is 5.10 Å². The zero-order valence-corrected chi connectivity index (χ0v) is 17.7. The van der Waals surface area contributed by atoms with Crippen LogP contribution in [-0.2, 0) is 16.3 Å². The summed E-state index contributed by atoms with van der Waals surface area (Å²) in [4.78, 5) is 14.6. The number of nitrogens with one attached hydrogen (secondary N) is 1. The van der Waals surface area contributed by atoms with Gasteiger partial charge in [-0.05, 0) is 25.0 Å². The third-order valence-corrected chi connectivity index (χ3v) is 6.56. The van der Waals surface area contributed by atoms with Crippen molar-refractivity contribution in [3.05, 3.63) is 34.2 Å². The van der Waals surface area contributed by atoms with Crippen LogP contribution in [0, 0.1) is 0 Å². The lowest BCUT2D eigenvalue weighted by molar-refractivity contribution is 0.395. The maximum atomic E-state index is 13.0. The summed E-state index contributed by atoms with van der Waals surface area (Å²) >= 11 is 0. The highest BCUT2D eigenvalue weighted by Gasteiger charge is 2.34. The standard InChI is InChI=1S/C20H23N3O6S/c1-4-5-7-12-16(17-13(28-2)8-6-9-14(17)29-3)18(24)19(20(25)22-12)30(26,27)15-10-11-21-23-15/h6,8-9,11H,4-5,7,10H2,1-3H3,(H2,22,24,25). The number of hydrogen-bond acceptors (Lipinski definition) is 8. The molecule has 2 heterocycles. The van der Waals surface area contributed by atoms with Gasteiger partial charge in [-0.3, -0.25) is 4.79 Å². The van der Waals surface area contributed by atoms with Gasteiger partial charge in [0.25, 0.3) is 5.56 Å². The van der Waals surface area contributed by atoms with E-state index in [4.69, 9.17) is 9.47 Å². The molecule has 160 valence electrons. The second-order valence-electron chi connectivity index (χ2n) is 6.63. The summed E-state index contributed by atoms with van der Waals surface area (Å²) in [6.07, 6.45) is 3.23. The lowest BCUT2D eigenvalue weighted by atomic mass is 9.98. The average Bonchev–Trinajstić information content (AvgIpc) is 3.27. The third kappa shape index (κ3) is 3.70. The molecule has 0 unspecified atom stereocenters. The summed E-state index contributed by atoms with van der Waals surface area (Å²) in [7, 11) is -1.45. The van der Waals surface area contributed by atoms with Crippen LogP contribution in [0.2, 0.25) is 0 Å². The molecule has 0 aliphatic carbocycles. The van der Waals surface area contributed by atoms with E-state index < -0.39 is 26.0 Å². The van der Waals surface area contributed by atoms with Gasteiger partial charge in [-0.2, -0.15) is 5.10 Å². The van der Waals surface area contributed by atoms with E-state index in [1.54, 1.807) is 18.2 Å². The molecule has 1 aliphatic heterocycles. The molecule has 1 aliphatic rings. The summed E-state index contributed by atoms with van der Waals surface area (Å²) < 4.78 is 37.0. The number of unbranched alkanes of at least 4 members (excludes halogenated alkanes) is 1. The Morgan fingerprint density at radius 2 is 1.83 bits per heavy atom. The molecule has 0 bridgehead atoms. The van der Waals surface area contributed by atoms with Crippen molar-refractivity contribution in [2.75, 3.05) is 14.2 Å². The van der Waals surface area contributed by atoms with Gasteiger partial charge in [-0.1, -0.05) is 19.4 Å². The lowest BCUT2D eigenvalue weighted by Gasteiger charge is -2.19. The second kappa shape index (κ2) is 8.70. The first-order valence-electron chi connectivity index (χ1n) is 9.39. The SMILES string of the molecule is CCCCc1[nH]c(=O)c(S(=O)(=O)C2=NN=CC2)c(O)c1-c1c(OC)cccc1OC. The number of aromatic nitrogens is 1. The Morgan fingerprint density at radius 3 is 2.37 bits per heavy atom. The number of benzene rings is 1. The van der Waals surface area contributed by atoms with Crippen LogP contribution in [0.5, 0.6) is 17.2 Å². The highest BCUT2D eigenvalue weighted by Crippen LogP contribution is 2.45. The fourth-order valence-electron chi connectivity index (χ4n) is 3.32. The largest absolute Gasteiger partial charge is 0.506 e. The smallest absolute Gasteiger partial charge is 0.271 e. The molecule has 30 heavy (non-hydrogen) atoms. The van der Waals surface area contributed by atoms with Crippen LogP contribution in [-0.4, -0.2) is 44.0 Å². The molecule has 2 N–H and O–H groups in total. The van der Waals surface area contributed by atoms with E-state index in [-0.39, 0.29) is 17.0 Å². The van der Waals surface area contributed by atoms with Crippen molar-refractivity contribution >= 4 is 21.1 Å². The Bertz CT molecular complexity index is 1160. The van der Waals surface area contributed by atoms with Crippen LogP contribution >= 0.6 is 0 Å². The van der Waals surface area contributed by atoms with Crippen LogP contribution in [0.15, 0.2) is 38.1 Å². The van der Waals surface area contributed by atoms with Crippen LogP contribution in [0.4, 0.5) is 0 Å². The topological polar surface area (TPSA) is 130 Å². The number of nitrogens with zero attached hydrogens (tertiary/aromatic N) is 2. The minimum atomic E-state index is -4.36. The Hall–Kier alpha value is -3.14. The minimum Gasteiger partial charge on any atom is -0.506 e. The molecule has 0 amide bonds. The van der Waals surface area contributed by atoms with Gasteiger partial charge >= 0.3 is 0 Å². The van der Waals surface area contributed by atoms with Crippen molar-refractivity contribution in [1.82, 2.24) is 4.98 Å². The second-order valence-corrected chi connectivity index (χ2v) is 8.51. The van der Waals surface area contributed by atoms with Gasteiger partial charge in [0, 0.05) is 18.3 Å². The minimum absolute atomic E-state index is 0.0495. The zero-order chi connectivity index (χ0) is 21.9. The van der Waals surface area contributed by atoms with Crippen molar-refractivity contribution < 1.29 is 23.0 Å². The van der Waals surface area contributed by atoms with Gasteiger partial charge in [0.1, 0.15) is 17.2 Å². The molecule has 0 fully saturated rings. The fourth-order valence-corrected chi connectivity index (χ4v) is 4.66. The first kappa shape index (κ1) is 21.6. The maximum absolute atomic E-state index is 13.0. The molecule has 0 radical (unpaired) electrons. The van der Waals surface area contributed by atoms with Gasteiger partial charge < -0.3 is 19.6 Å². The van der Waals surface area contributed by atoms with E-state index in [0.717, 1.165) is 6.42 Å². The molecular formula is C20H23N3O6S. The van der Waals surface area contributed by atoms with Crippen LogP contribution in [0.25, 0.3) is 11.1 Å². The number of H-pyrrole nitrogens is 1. The van der Waals surface area contributed by atoms with Crippen molar-refractivity contribution in [1.29, 1.82) is 0 Å². The third-order valence-electron chi connectivity index (χ3n) is 4.78. The molecule has 0 atom stereocenters. The molecule has 0 spiro atoms. The number of aryl methyl sites for hydroxylation is 1. The van der Waals surface area contributed by atoms with E-state index in [1.807, 2.05) is 6.92 Å². The predicted octanol–water partition coefficient (Wildman–Crippen LogP) is 2.67. The Kier molecular flexibility index (Phi) is 6.25. The Labute approximate surface area is 174 Å². The van der Waals surface area contributed by atoms with Gasteiger partial charge in [0.15, 0.2) is 9.94 Å². The summed E-state index contributed by atoms with van der Waals surface area (Å²) in [6.45, 7) is 1.98. The lowest BCUT2D eigenvalue weighted by Crippen LogP contribution is -2.25. The molecule has 1 aromatic carbocycles. The molecule has 9 nitrogen and oxygen atoms in total. The van der Waals surface area contributed by atoms with Crippen LogP contribution < -0.4 is 15.0 Å². The quantitative estimate of drug-likeness (QED) is 0.690. The number of rotatable bonds is 7. The van der Waals surface area contributed by atoms with Gasteiger partial charge in [0.05, 0.1) is 25.3 Å². The number of pyridine rings is 1. The van der Waals surface area contributed by atoms with Crippen molar-refractivity contribution in [2.24, 2.45) is 10.2 Å². The van der Waals surface area contributed by atoms with Gasteiger partial charge in [0.2, 0.25) is 9.84 Å². The van der Waals surface area contributed by atoms with E-state index in [9.17, 15) is 18.3 Å². The van der Waals surface area contributed by atoms with Crippen molar-refractivity contribution in [3.63, 3.8) is 0 Å². The monoisotopic (exact) mass is 433 g/mol. The molecule has 3 rings (SSSR count). The van der Waals surface area contributed by atoms with Crippen molar-refractivity contribution in [2.45, 2.75) is 37.5 Å². The highest BCUT2D eigenvalue weighted by molar-refractivity contribution is 8.06. The van der Waals surface area contributed by atoms with E-state index in [1.165, 1.54) is 20.4 Å². The first-order chi connectivity index (χ1) is 14.4. The summed E-state index contributed by atoms with van der Waals surface area (Å²) in [5.41, 5.74) is -0.0182. The molecule has 2 aromatic rings. The number of hydrogen-bond donors (Lipinski definition) is 2. The van der Waals surface area contributed by atoms with Crippen molar-refractivity contribution in [3.8, 4) is 28.4 Å². The predicted molar refractivity (Wildman–Crippen MR) is 114 cm³/mol. The number of aromatic hydroxyl groups is 1. The highest BCUT2D eigenvalue weighted by atomic mass is 32.2. The molecular weight excluding hydrogens is 410 g/mol. The first-order valence-corrected chi connectivity index (χ1v) is 10.9. The number of sulfone groups is 1. The molecule has 0 saturated heterocycles. The van der Waals surface area contributed by atoms with Gasteiger partial charge in [-0.25, -0.2) is 8.42 Å². The fraction of sp³-hybridized carbons (Fsp3) is 0.350. The zero-order valence-electron chi connectivity index (χ0n) is 16.9. The molecule has 0 saturated carbocycles. The summed E-state index contributed by atoms with van der Waals surface area (Å²) in [6, 6.07) is 5.03. The van der Waals surface area contributed by atoms with E-state index in [0.29, 0.717) is 35.6 Å². The number of ether oxygens (including phenoxy) is 2. The Morgan fingerprint density at radius 1 is 1.17 bits per heavy atom. The number of methoxy groups -OCH3 is 2. The summed E-state index contributed by atoms with van der Waals surface area (Å²) in [5, 5.41) is 18.0. The molecule has 1 aromatic heterocycles. The average molecular weight is 433 g/mol. The number of aromatic amines is 1. The van der Waals surface area contributed by atoms with Crippen LogP contribution in [0.3, 0.4) is 0 Å².